The average molecular weight is 261 g/mol. The van der Waals surface area contributed by atoms with Crippen molar-refractivity contribution in [2.24, 2.45) is 5.92 Å². The molecule has 0 radical (unpaired) electrons. The van der Waals surface area contributed by atoms with E-state index < -0.39 is 0 Å². The van der Waals surface area contributed by atoms with Crippen LogP contribution in [0.2, 0.25) is 0 Å². The first-order valence-corrected chi connectivity index (χ1v) is 6.85. The quantitative estimate of drug-likeness (QED) is 0.897. The summed E-state index contributed by atoms with van der Waals surface area (Å²) in [5.41, 5.74) is 1.70. The van der Waals surface area contributed by atoms with E-state index >= 15 is 0 Å². The molecule has 1 aromatic rings. The molecule has 1 aromatic heterocycles. The monoisotopic (exact) mass is 261 g/mol. The maximum atomic E-state index is 11.7. The lowest BCUT2D eigenvalue weighted by atomic mass is 10.2. The number of nitrogens with zero attached hydrogens (tertiary/aromatic N) is 2. The summed E-state index contributed by atoms with van der Waals surface area (Å²) in [7, 11) is 0. The maximum absolute atomic E-state index is 11.7. The highest BCUT2D eigenvalue weighted by Crippen LogP contribution is 2.30. The van der Waals surface area contributed by atoms with Crippen LogP contribution in [-0.2, 0) is 9.53 Å². The van der Waals surface area contributed by atoms with E-state index in [-0.39, 0.29) is 11.8 Å². The minimum Gasteiger partial charge on any atom is -0.378 e. The van der Waals surface area contributed by atoms with E-state index in [1.165, 1.54) is 0 Å². The van der Waals surface area contributed by atoms with Gasteiger partial charge in [-0.2, -0.15) is 0 Å². The predicted molar refractivity (Wildman–Crippen MR) is 73.4 cm³/mol. The van der Waals surface area contributed by atoms with Gasteiger partial charge >= 0.3 is 0 Å². The second-order valence-electron chi connectivity index (χ2n) is 5.17. The zero-order valence-electron chi connectivity index (χ0n) is 11.2. The molecule has 2 heterocycles. The van der Waals surface area contributed by atoms with E-state index in [0.717, 1.165) is 56.3 Å². The van der Waals surface area contributed by atoms with Crippen LogP contribution < -0.4 is 10.2 Å². The number of hydrogen-bond acceptors (Lipinski definition) is 4. The fourth-order valence-corrected chi connectivity index (χ4v) is 2.23. The van der Waals surface area contributed by atoms with Crippen molar-refractivity contribution in [1.82, 2.24) is 4.98 Å². The number of carbonyl (C=O) groups is 1. The molecule has 102 valence electrons. The normalized spacial score (nSPS) is 19.3. The Morgan fingerprint density at radius 2 is 2.11 bits per heavy atom. The molecule has 1 N–H and O–H groups in total. The average Bonchev–Trinajstić information content (AvgIpc) is 3.26. The van der Waals surface area contributed by atoms with E-state index in [1.54, 1.807) is 0 Å². The van der Waals surface area contributed by atoms with Gasteiger partial charge in [-0.3, -0.25) is 4.79 Å². The van der Waals surface area contributed by atoms with Crippen LogP contribution in [0.3, 0.4) is 0 Å². The van der Waals surface area contributed by atoms with Crippen LogP contribution >= 0.6 is 0 Å². The van der Waals surface area contributed by atoms with Gasteiger partial charge in [-0.15, -0.1) is 0 Å². The molecule has 1 saturated carbocycles. The van der Waals surface area contributed by atoms with Gasteiger partial charge in [0, 0.05) is 19.0 Å². The summed E-state index contributed by atoms with van der Waals surface area (Å²) in [6.45, 7) is 5.19. The number of morpholine rings is 1. The Morgan fingerprint density at radius 3 is 2.74 bits per heavy atom. The van der Waals surface area contributed by atoms with Crippen LogP contribution in [0.1, 0.15) is 18.5 Å². The Kier molecular flexibility index (Phi) is 3.38. The van der Waals surface area contributed by atoms with Crippen LogP contribution in [0.25, 0.3) is 0 Å². The highest BCUT2D eigenvalue weighted by Gasteiger charge is 2.29. The smallest absolute Gasteiger partial charge is 0.227 e. The van der Waals surface area contributed by atoms with E-state index in [4.69, 9.17) is 4.74 Å². The summed E-state index contributed by atoms with van der Waals surface area (Å²) < 4.78 is 5.33. The highest BCUT2D eigenvalue weighted by atomic mass is 16.5. The molecule has 5 nitrogen and oxygen atoms in total. The van der Waals surface area contributed by atoms with Crippen LogP contribution in [0.5, 0.6) is 0 Å². The van der Waals surface area contributed by atoms with Crippen LogP contribution in [0.15, 0.2) is 12.1 Å². The fraction of sp³-hybridized carbons (Fsp3) is 0.571. The molecule has 0 spiro atoms. The van der Waals surface area contributed by atoms with Gasteiger partial charge in [0.2, 0.25) is 5.91 Å². The molecule has 0 aromatic carbocycles. The first-order chi connectivity index (χ1) is 9.24. The zero-order valence-corrected chi connectivity index (χ0v) is 11.2. The van der Waals surface area contributed by atoms with Crippen molar-refractivity contribution in [2.75, 3.05) is 36.5 Å². The Bertz CT molecular complexity index is 480. The molecule has 1 saturated heterocycles. The number of pyridine rings is 1. The topological polar surface area (TPSA) is 54.5 Å². The molecular formula is C14H19N3O2. The molecule has 2 aliphatic rings. The lowest BCUT2D eigenvalue weighted by Gasteiger charge is -2.28. The molecule has 5 heteroatoms. The molecule has 0 unspecified atom stereocenters. The summed E-state index contributed by atoms with van der Waals surface area (Å²) in [6, 6.07) is 3.92. The first kappa shape index (κ1) is 12.4. The third kappa shape index (κ3) is 2.87. The predicted octanol–water partition coefficient (Wildman–Crippen LogP) is 1.58. The summed E-state index contributed by atoms with van der Waals surface area (Å²) in [6.07, 6.45) is 2.04. The van der Waals surface area contributed by atoms with Gasteiger partial charge in [0.25, 0.3) is 0 Å². The van der Waals surface area contributed by atoms with Crippen molar-refractivity contribution in [1.29, 1.82) is 0 Å². The largest absolute Gasteiger partial charge is 0.378 e. The lowest BCUT2D eigenvalue weighted by molar-refractivity contribution is -0.117. The highest BCUT2D eigenvalue weighted by molar-refractivity contribution is 5.94. The Hall–Kier alpha value is -1.62. The third-order valence-electron chi connectivity index (χ3n) is 3.61. The van der Waals surface area contributed by atoms with Crippen molar-refractivity contribution in [3.63, 3.8) is 0 Å². The maximum Gasteiger partial charge on any atom is 0.227 e. The van der Waals surface area contributed by atoms with Gasteiger partial charge in [0.1, 0.15) is 5.82 Å². The van der Waals surface area contributed by atoms with Gasteiger partial charge in [0.05, 0.1) is 24.6 Å². The molecule has 1 aliphatic carbocycles. The fourth-order valence-electron chi connectivity index (χ4n) is 2.23. The number of anilines is 2. The van der Waals surface area contributed by atoms with Crippen LogP contribution in [-0.4, -0.2) is 37.2 Å². The minimum absolute atomic E-state index is 0.129. The van der Waals surface area contributed by atoms with Gasteiger partial charge in [-0.25, -0.2) is 4.98 Å². The second kappa shape index (κ2) is 5.17. The molecule has 1 aliphatic heterocycles. The van der Waals surface area contributed by atoms with E-state index in [2.05, 4.69) is 15.2 Å². The van der Waals surface area contributed by atoms with Crippen molar-refractivity contribution in [3.8, 4) is 0 Å². The van der Waals surface area contributed by atoms with Crippen molar-refractivity contribution in [3.05, 3.63) is 17.8 Å². The van der Waals surface area contributed by atoms with Crippen molar-refractivity contribution in [2.45, 2.75) is 19.8 Å². The number of amides is 1. The van der Waals surface area contributed by atoms with Crippen molar-refractivity contribution < 1.29 is 9.53 Å². The molecular weight excluding hydrogens is 242 g/mol. The van der Waals surface area contributed by atoms with E-state index in [0.29, 0.717) is 0 Å². The lowest BCUT2D eigenvalue weighted by Crippen LogP contribution is -2.36. The minimum atomic E-state index is 0.129. The summed E-state index contributed by atoms with van der Waals surface area (Å²) in [5, 5.41) is 2.96. The molecule has 1 amide bonds. The third-order valence-corrected chi connectivity index (χ3v) is 3.61. The van der Waals surface area contributed by atoms with Crippen LogP contribution in [0.4, 0.5) is 11.5 Å². The molecule has 0 bridgehead atoms. The van der Waals surface area contributed by atoms with Gasteiger partial charge in [-0.05, 0) is 31.9 Å². The SMILES string of the molecule is Cc1nc(N2CCOCC2)ccc1NC(=O)C1CC1. The molecule has 0 atom stereocenters. The summed E-state index contributed by atoms with van der Waals surface area (Å²) in [5.74, 6) is 1.31. The Morgan fingerprint density at radius 1 is 1.37 bits per heavy atom. The van der Waals surface area contributed by atoms with Gasteiger partial charge in [0.15, 0.2) is 0 Å². The number of rotatable bonds is 3. The Labute approximate surface area is 113 Å². The first-order valence-electron chi connectivity index (χ1n) is 6.85. The number of ether oxygens (including phenoxy) is 1. The number of carbonyl (C=O) groups excluding carboxylic acids is 1. The number of aryl methyl sites for hydroxylation is 1. The summed E-state index contributed by atoms with van der Waals surface area (Å²) >= 11 is 0. The Balaban J connectivity index is 1.71. The van der Waals surface area contributed by atoms with Crippen LogP contribution in [0, 0.1) is 12.8 Å². The number of hydrogen-bond donors (Lipinski definition) is 1. The van der Waals surface area contributed by atoms with Crippen molar-refractivity contribution >= 4 is 17.4 Å². The standard InChI is InChI=1S/C14H19N3O2/c1-10-12(16-14(18)11-2-3-11)4-5-13(15-10)17-6-8-19-9-7-17/h4-5,11H,2-3,6-9H2,1H3,(H,16,18). The molecule has 2 fully saturated rings. The van der Waals surface area contributed by atoms with E-state index in [1.807, 2.05) is 19.1 Å². The molecule has 19 heavy (non-hydrogen) atoms. The van der Waals surface area contributed by atoms with E-state index in [9.17, 15) is 4.79 Å². The second-order valence-corrected chi connectivity index (χ2v) is 5.17. The summed E-state index contributed by atoms with van der Waals surface area (Å²) in [4.78, 5) is 18.5. The zero-order chi connectivity index (χ0) is 13.2. The number of nitrogens with one attached hydrogen (secondary N) is 1. The van der Waals surface area contributed by atoms with Gasteiger partial charge < -0.3 is 15.0 Å². The number of aromatic nitrogens is 1. The van der Waals surface area contributed by atoms with Gasteiger partial charge in [-0.1, -0.05) is 0 Å². The molecule has 3 rings (SSSR count).